The Morgan fingerprint density at radius 1 is 1.00 bits per heavy atom. The van der Waals surface area contributed by atoms with Crippen molar-refractivity contribution in [1.29, 1.82) is 0 Å². The molecule has 0 aliphatic carbocycles. The second-order valence-corrected chi connectivity index (χ2v) is 5.37. The van der Waals surface area contributed by atoms with Crippen LogP contribution >= 0.6 is 0 Å². The Labute approximate surface area is 145 Å². The van der Waals surface area contributed by atoms with Crippen molar-refractivity contribution in [2.24, 2.45) is 0 Å². The van der Waals surface area contributed by atoms with Gasteiger partial charge in [-0.05, 0) is 36.4 Å². The monoisotopic (exact) mass is 352 g/mol. The fourth-order valence-corrected chi connectivity index (χ4v) is 2.47. The first-order chi connectivity index (χ1) is 12.5. The normalized spacial score (nSPS) is 13.0. The number of amides is 2. The van der Waals surface area contributed by atoms with Gasteiger partial charge in [-0.3, -0.25) is 9.59 Å². The van der Waals surface area contributed by atoms with Crippen LogP contribution in [0, 0.1) is 5.82 Å². The van der Waals surface area contributed by atoms with E-state index in [1.165, 1.54) is 36.4 Å². The van der Waals surface area contributed by atoms with E-state index in [0.717, 1.165) is 6.26 Å². The van der Waals surface area contributed by atoms with Gasteiger partial charge in [0, 0.05) is 5.56 Å². The van der Waals surface area contributed by atoms with Crippen LogP contribution in [-0.2, 0) is 4.84 Å². The molecule has 0 fully saturated rings. The standard InChI is InChI=1S/C18H9FN2O5/c19-11-7-5-10(6-8-11)15-20-14(9-25-15)18(24)26-21-16(22)12-3-1-2-4-13(12)17(21)23/h1-9H. The average Bonchev–Trinajstić information content (AvgIpc) is 3.23. The number of aromatic nitrogens is 1. The molecule has 2 aromatic carbocycles. The van der Waals surface area contributed by atoms with Gasteiger partial charge in [0.15, 0.2) is 5.69 Å². The second-order valence-electron chi connectivity index (χ2n) is 5.37. The molecule has 0 atom stereocenters. The predicted octanol–water partition coefficient (Wildman–Crippen LogP) is 2.85. The topological polar surface area (TPSA) is 89.7 Å². The molecule has 1 aromatic heterocycles. The maximum Gasteiger partial charge on any atom is 0.385 e. The van der Waals surface area contributed by atoms with Gasteiger partial charge in [0.05, 0.1) is 11.1 Å². The van der Waals surface area contributed by atoms with Crippen LogP contribution < -0.4 is 0 Å². The van der Waals surface area contributed by atoms with E-state index in [1.54, 1.807) is 12.1 Å². The molecule has 1 aliphatic heterocycles. The summed E-state index contributed by atoms with van der Waals surface area (Å²) in [4.78, 5) is 45.4. The first-order valence-electron chi connectivity index (χ1n) is 7.46. The van der Waals surface area contributed by atoms with Crippen LogP contribution in [0.3, 0.4) is 0 Å². The number of fused-ring (bicyclic) bond motifs is 1. The molecule has 2 heterocycles. The third kappa shape index (κ3) is 2.53. The lowest BCUT2D eigenvalue weighted by molar-refractivity contribution is -0.0588. The first kappa shape index (κ1) is 15.7. The SMILES string of the molecule is O=C(ON1C(=O)c2ccccc2C1=O)c1coc(-c2ccc(F)cc2)n1. The highest BCUT2D eigenvalue weighted by molar-refractivity contribution is 6.21. The number of hydroxylamine groups is 2. The summed E-state index contributed by atoms with van der Waals surface area (Å²) in [7, 11) is 0. The second kappa shape index (κ2) is 5.92. The van der Waals surface area contributed by atoms with Gasteiger partial charge in [0.2, 0.25) is 5.89 Å². The van der Waals surface area contributed by atoms with Crippen molar-refractivity contribution >= 4 is 17.8 Å². The Morgan fingerprint density at radius 2 is 1.62 bits per heavy atom. The van der Waals surface area contributed by atoms with Gasteiger partial charge in [0.25, 0.3) is 11.8 Å². The minimum absolute atomic E-state index is 0.0688. The molecular weight excluding hydrogens is 343 g/mol. The highest BCUT2D eigenvalue weighted by Crippen LogP contribution is 2.24. The predicted molar refractivity (Wildman–Crippen MR) is 84.3 cm³/mol. The highest BCUT2D eigenvalue weighted by Gasteiger charge is 2.39. The van der Waals surface area contributed by atoms with Gasteiger partial charge in [-0.2, -0.15) is 0 Å². The van der Waals surface area contributed by atoms with Gasteiger partial charge < -0.3 is 9.25 Å². The van der Waals surface area contributed by atoms with E-state index in [0.29, 0.717) is 10.6 Å². The Bertz CT molecular complexity index is 1010. The fourth-order valence-electron chi connectivity index (χ4n) is 2.47. The van der Waals surface area contributed by atoms with Crippen molar-refractivity contribution in [3.05, 3.63) is 77.4 Å². The van der Waals surface area contributed by atoms with Gasteiger partial charge in [-0.15, -0.1) is 0 Å². The van der Waals surface area contributed by atoms with Crippen LogP contribution in [0.1, 0.15) is 31.2 Å². The number of carbonyl (C=O) groups excluding carboxylic acids is 3. The number of benzene rings is 2. The third-order valence-corrected chi connectivity index (χ3v) is 3.74. The molecule has 4 rings (SSSR count). The number of hydrogen-bond donors (Lipinski definition) is 0. The van der Waals surface area contributed by atoms with Crippen molar-refractivity contribution in [3.8, 4) is 11.5 Å². The van der Waals surface area contributed by atoms with E-state index in [4.69, 9.17) is 9.25 Å². The molecule has 7 nitrogen and oxygen atoms in total. The molecule has 26 heavy (non-hydrogen) atoms. The van der Waals surface area contributed by atoms with Crippen molar-refractivity contribution in [1.82, 2.24) is 10.0 Å². The summed E-state index contributed by atoms with van der Waals surface area (Å²) in [6.45, 7) is 0. The van der Waals surface area contributed by atoms with Crippen LogP contribution in [0.25, 0.3) is 11.5 Å². The van der Waals surface area contributed by atoms with Crippen molar-refractivity contribution < 1.29 is 28.0 Å². The fraction of sp³-hybridized carbons (Fsp3) is 0. The summed E-state index contributed by atoms with van der Waals surface area (Å²) < 4.78 is 18.1. The van der Waals surface area contributed by atoms with E-state index in [9.17, 15) is 18.8 Å². The molecule has 0 saturated heterocycles. The summed E-state index contributed by atoms with van der Waals surface area (Å²) in [6, 6.07) is 11.4. The zero-order chi connectivity index (χ0) is 18.3. The number of oxazole rings is 1. The zero-order valence-electron chi connectivity index (χ0n) is 13.0. The number of carbonyl (C=O) groups is 3. The number of hydrogen-bond acceptors (Lipinski definition) is 6. The van der Waals surface area contributed by atoms with Crippen molar-refractivity contribution in [2.45, 2.75) is 0 Å². The molecule has 2 amide bonds. The lowest BCUT2D eigenvalue weighted by Gasteiger charge is -2.11. The highest BCUT2D eigenvalue weighted by atomic mass is 19.1. The first-order valence-corrected chi connectivity index (χ1v) is 7.46. The van der Waals surface area contributed by atoms with E-state index in [2.05, 4.69) is 4.98 Å². The molecule has 0 unspecified atom stereocenters. The number of rotatable bonds is 3. The summed E-state index contributed by atoms with van der Waals surface area (Å²) in [5.74, 6) is -2.86. The summed E-state index contributed by atoms with van der Waals surface area (Å²) in [6.07, 6.45) is 1.03. The van der Waals surface area contributed by atoms with Crippen LogP contribution in [0.4, 0.5) is 4.39 Å². The smallest absolute Gasteiger partial charge is 0.385 e. The van der Waals surface area contributed by atoms with E-state index in [-0.39, 0.29) is 22.7 Å². The minimum Gasteiger partial charge on any atom is -0.444 e. The molecule has 0 bridgehead atoms. The zero-order valence-corrected chi connectivity index (χ0v) is 13.0. The molecule has 1 aliphatic rings. The van der Waals surface area contributed by atoms with Gasteiger partial charge in [0.1, 0.15) is 12.1 Å². The average molecular weight is 352 g/mol. The van der Waals surface area contributed by atoms with Crippen molar-refractivity contribution in [3.63, 3.8) is 0 Å². The quantitative estimate of drug-likeness (QED) is 0.674. The molecule has 0 spiro atoms. The Balaban J connectivity index is 1.54. The van der Waals surface area contributed by atoms with E-state index < -0.39 is 23.6 Å². The molecule has 8 heteroatoms. The minimum atomic E-state index is -1.03. The number of halogens is 1. The van der Waals surface area contributed by atoms with Crippen LogP contribution in [0.15, 0.2) is 59.2 Å². The number of imide groups is 1. The molecular formula is C18H9FN2O5. The molecule has 0 radical (unpaired) electrons. The number of nitrogens with zero attached hydrogens (tertiary/aromatic N) is 2. The lowest BCUT2D eigenvalue weighted by Crippen LogP contribution is -2.32. The maximum absolute atomic E-state index is 13.0. The molecule has 128 valence electrons. The Kier molecular flexibility index (Phi) is 3.58. The lowest BCUT2D eigenvalue weighted by atomic mass is 10.1. The summed E-state index contributed by atoms with van der Waals surface area (Å²) in [5.41, 5.74) is 0.516. The van der Waals surface area contributed by atoms with Crippen LogP contribution in [-0.4, -0.2) is 27.8 Å². The van der Waals surface area contributed by atoms with Gasteiger partial charge in [-0.25, -0.2) is 14.2 Å². The summed E-state index contributed by atoms with van der Waals surface area (Å²) in [5, 5.41) is 0.388. The molecule has 3 aromatic rings. The van der Waals surface area contributed by atoms with Crippen LogP contribution in [0.5, 0.6) is 0 Å². The Morgan fingerprint density at radius 3 is 2.23 bits per heavy atom. The molecule has 0 N–H and O–H groups in total. The molecule has 0 saturated carbocycles. The third-order valence-electron chi connectivity index (χ3n) is 3.74. The summed E-state index contributed by atoms with van der Waals surface area (Å²) >= 11 is 0. The van der Waals surface area contributed by atoms with E-state index in [1.807, 2.05) is 0 Å². The van der Waals surface area contributed by atoms with Gasteiger partial charge in [-0.1, -0.05) is 17.2 Å². The van der Waals surface area contributed by atoms with E-state index >= 15 is 0 Å². The Hall–Kier alpha value is -3.81. The van der Waals surface area contributed by atoms with Gasteiger partial charge >= 0.3 is 5.97 Å². The maximum atomic E-state index is 13.0. The largest absolute Gasteiger partial charge is 0.444 e. The van der Waals surface area contributed by atoms with Crippen LogP contribution in [0.2, 0.25) is 0 Å². The van der Waals surface area contributed by atoms with Crippen molar-refractivity contribution in [2.75, 3.05) is 0 Å².